The first-order chi connectivity index (χ1) is 25.3. The van der Waals surface area contributed by atoms with Crippen molar-refractivity contribution in [1.82, 2.24) is 18.5 Å². The number of nitrogens with two attached hydrogens (primary N) is 1. The summed E-state index contributed by atoms with van der Waals surface area (Å²) in [6, 6.07) is 15.2. The summed E-state index contributed by atoms with van der Waals surface area (Å²) in [5.74, 6) is -0.0364. The van der Waals surface area contributed by atoms with Crippen molar-refractivity contribution in [3.8, 4) is 5.75 Å². The number of para-hydroxylation sites is 1. The molecule has 3 aromatic carbocycles. The van der Waals surface area contributed by atoms with E-state index in [4.69, 9.17) is 43.9 Å². The van der Waals surface area contributed by atoms with Crippen LogP contribution in [0.1, 0.15) is 49.1 Å². The van der Waals surface area contributed by atoms with Crippen molar-refractivity contribution in [3.63, 3.8) is 0 Å². The van der Waals surface area contributed by atoms with Gasteiger partial charge in [0.2, 0.25) is 26.0 Å². The maximum absolute atomic E-state index is 14.2. The van der Waals surface area contributed by atoms with Gasteiger partial charge in [0, 0.05) is 60.0 Å². The number of hydrogen-bond acceptors (Lipinski definition) is 9. The van der Waals surface area contributed by atoms with E-state index < -0.39 is 32.0 Å². The Balaban J connectivity index is 1.17. The van der Waals surface area contributed by atoms with Gasteiger partial charge in [0.1, 0.15) is 28.8 Å². The number of piperazine rings is 1. The summed E-state index contributed by atoms with van der Waals surface area (Å²) in [4.78, 5) is 20.0. The number of amides is 1. The number of sulfonamides is 2. The molecule has 1 atom stereocenters. The summed E-state index contributed by atoms with van der Waals surface area (Å²) in [6.45, 7) is 4.31. The number of halogens is 2. The van der Waals surface area contributed by atoms with Gasteiger partial charge in [0.15, 0.2) is 5.84 Å². The number of benzene rings is 3. The van der Waals surface area contributed by atoms with Crippen LogP contribution in [0.2, 0.25) is 10.0 Å². The molecular formula is C36H40Cl2N6O7S2. The summed E-state index contributed by atoms with van der Waals surface area (Å²) in [5.41, 5.74) is 9.00. The zero-order chi connectivity index (χ0) is 38.1. The second-order valence-electron chi connectivity index (χ2n) is 12.8. The van der Waals surface area contributed by atoms with Gasteiger partial charge in [-0.05, 0) is 79.8 Å². The molecule has 0 saturated carbocycles. The number of carbonyl (C=O) groups is 1. The Labute approximate surface area is 319 Å². The van der Waals surface area contributed by atoms with Crippen molar-refractivity contribution in [2.75, 3.05) is 32.7 Å². The lowest BCUT2D eigenvalue weighted by atomic mass is 10.0. The SMILES string of the molecule is CCc1cc(CC)c2cccc(OCc3c(Cl)ccc(S(=O)(=O)N4CCC[C@H]4C(=O)N4CCN(S(=O)(=O)c5ccc(C(N)=NO)cc5)CC4)c3Cl)c2n1. The van der Waals surface area contributed by atoms with Crippen LogP contribution in [0, 0.1) is 0 Å². The van der Waals surface area contributed by atoms with Crippen LogP contribution in [0.4, 0.5) is 0 Å². The van der Waals surface area contributed by atoms with Gasteiger partial charge in [0.25, 0.3) is 0 Å². The average Bonchev–Trinajstić information content (AvgIpc) is 3.68. The molecule has 2 aliphatic heterocycles. The number of amidine groups is 1. The van der Waals surface area contributed by atoms with Crippen LogP contribution in [-0.2, 0) is 44.3 Å². The van der Waals surface area contributed by atoms with Gasteiger partial charge in [-0.25, -0.2) is 21.8 Å². The highest BCUT2D eigenvalue weighted by Crippen LogP contribution is 2.37. The summed E-state index contributed by atoms with van der Waals surface area (Å²) in [5, 5.41) is 12.9. The van der Waals surface area contributed by atoms with Crippen molar-refractivity contribution in [2.45, 2.75) is 62.0 Å². The first-order valence-corrected chi connectivity index (χ1v) is 20.8. The van der Waals surface area contributed by atoms with Crippen LogP contribution < -0.4 is 10.5 Å². The van der Waals surface area contributed by atoms with E-state index in [0.29, 0.717) is 29.7 Å². The van der Waals surface area contributed by atoms with Gasteiger partial charge in [-0.15, -0.1) is 0 Å². The predicted molar refractivity (Wildman–Crippen MR) is 202 cm³/mol. The Morgan fingerprint density at radius 3 is 2.34 bits per heavy atom. The van der Waals surface area contributed by atoms with E-state index in [0.717, 1.165) is 29.5 Å². The highest BCUT2D eigenvalue weighted by molar-refractivity contribution is 7.89. The lowest BCUT2D eigenvalue weighted by Crippen LogP contribution is -2.55. The Bertz CT molecular complexity index is 2280. The number of carbonyl (C=O) groups excluding carboxylic acids is 1. The number of aryl methyl sites for hydroxylation is 2. The minimum absolute atomic E-state index is 0.0215. The van der Waals surface area contributed by atoms with E-state index >= 15 is 0 Å². The molecule has 0 unspecified atom stereocenters. The van der Waals surface area contributed by atoms with Crippen molar-refractivity contribution in [3.05, 3.63) is 93.1 Å². The molecule has 53 heavy (non-hydrogen) atoms. The third-order valence-electron chi connectivity index (χ3n) is 9.73. The average molecular weight is 804 g/mol. The van der Waals surface area contributed by atoms with E-state index in [1.165, 1.54) is 49.9 Å². The summed E-state index contributed by atoms with van der Waals surface area (Å²) >= 11 is 13.4. The van der Waals surface area contributed by atoms with Crippen LogP contribution in [-0.4, -0.2) is 91.0 Å². The molecule has 1 aromatic heterocycles. The second kappa shape index (κ2) is 15.8. The van der Waals surface area contributed by atoms with Crippen LogP contribution in [0.25, 0.3) is 10.9 Å². The van der Waals surface area contributed by atoms with E-state index in [1.807, 2.05) is 19.1 Å². The molecule has 3 heterocycles. The maximum Gasteiger partial charge on any atom is 0.245 e. The molecule has 2 saturated heterocycles. The molecule has 2 aliphatic rings. The van der Waals surface area contributed by atoms with Gasteiger partial charge in [-0.1, -0.05) is 54.3 Å². The van der Waals surface area contributed by atoms with Gasteiger partial charge in [0.05, 0.1) is 9.92 Å². The van der Waals surface area contributed by atoms with Crippen LogP contribution in [0.3, 0.4) is 0 Å². The van der Waals surface area contributed by atoms with Gasteiger partial charge >= 0.3 is 0 Å². The van der Waals surface area contributed by atoms with E-state index in [-0.39, 0.29) is 70.6 Å². The largest absolute Gasteiger partial charge is 0.487 e. The molecule has 0 spiro atoms. The van der Waals surface area contributed by atoms with E-state index in [1.54, 1.807) is 6.07 Å². The number of hydrogen-bond donors (Lipinski definition) is 2. The number of fused-ring (bicyclic) bond motifs is 1. The minimum Gasteiger partial charge on any atom is -0.487 e. The Morgan fingerprint density at radius 2 is 1.68 bits per heavy atom. The molecule has 6 rings (SSSR count). The van der Waals surface area contributed by atoms with Crippen LogP contribution in [0.15, 0.2) is 75.6 Å². The van der Waals surface area contributed by atoms with Gasteiger partial charge in [-0.3, -0.25) is 4.79 Å². The van der Waals surface area contributed by atoms with E-state index in [9.17, 15) is 21.6 Å². The molecule has 0 radical (unpaired) electrons. The predicted octanol–water partition coefficient (Wildman–Crippen LogP) is 5.03. The molecule has 17 heteroatoms. The molecule has 3 N–H and O–H groups in total. The minimum atomic E-state index is -4.27. The molecule has 2 fully saturated rings. The number of rotatable bonds is 11. The summed E-state index contributed by atoms with van der Waals surface area (Å²) in [7, 11) is -8.17. The zero-order valence-corrected chi connectivity index (χ0v) is 32.3. The Hall–Kier alpha value is -3.99. The van der Waals surface area contributed by atoms with Crippen LogP contribution >= 0.6 is 23.2 Å². The number of aromatic nitrogens is 1. The van der Waals surface area contributed by atoms with Crippen molar-refractivity contribution in [2.24, 2.45) is 10.9 Å². The quantitative estimate of drug-likeness (QED) is 0.0913. The fraction of sp³-hybridized carbons (Fsp3) is 0.361. The van der Waals surface area contributed by atoms with Crippen molar-refractivity contribution in [1.29, 1.82) is 0 Å². The summed E-state index contributed by atoms with van der Waals surface area (Å²) < 4.78 is 63.7. The third-order valence-corrected chi connectivity index (χ3v) is 14.5. The number of ether oxygens (including phenoxy) is 1. The molecular weight excluding hydrogens is 763 g/mol. The fourth-order valence-electron chi connectivity index (χ4n) is 6.76. The molecule has 1 amide bonds. The molecule has 13 nitrogen and oxygen atoms in total. The molecule has 0 aliphatic carbocycles. The standard InChI is InChI=1S/C36H40Cl2N6O7S2/c1-3-23-21-25(4-2)40-34-27(23)7-5-9-31(34)51-22-28-29(37)14-15-32(33(28)38)53(49,50)44-16-6-8-30(44)36(45)42-17-19-43(20-18-42)52(47,48)26-12-10-24(11-13-26)35(39)41-46/h5,7,9-15,21,30,46H,3-4,6,8,16-20,22H2,1-2H3,(H2,39,41)/t30-/m0/s1. The van der Waals surface area contributed by atoms with Crippen molar-refractivity contribution < 1.29 is 31.6 Å². The molecule has 4 aromatic rings. The molecule has 0 bridgehead atoms. The lowest BCUT2D eigenvalue weighted by Gasteiger charge is -2.36. The zero-order valence-electron chi connectivity index (χ0n) is 29.2. The fourth-order valence-corrected chi connectivity index (χ4v) is 10.7. The first-order valence-electron chi connectivity index (χ1n) is 17.2. The maximum atomic E-state index is 14.2. The first kappa shape index (κ1) is 38.7. The second-order valence-corrected chi connectivity index (χ2v) is 17.4. The number of oxime groups is 1. The number of nitrogens with zero attached hydrogens (tertiary/aromatic N) is 5. The Morgan fingerprint density at radius 1 is 0.962 bits per heavy atom. The summed E-state index contributed by atoms with van der Waals surface area (Å²) in [6.07, 6.45) is 2.33. The van der Waals surface area contributed by atoms with Gasteiger partial charge < -0.3 is 20.6 Å². The Kier molecular flexibility index (Phi) is 11.5. The topological polar surface area (TPSA) is 176 Å². The van der Waals surface area contributed by atoms with Crippen LogP contribution in [0.5, 0.6) is 5.75 Å². The monoisotopic (exact) mass is 802 g/mol. The smallest absolute Gasteiger partial charge is 0.245 e. The number of pyridine rings is 1. The van der Waals surface area contributed by atoms with E-state index in [2.05, 4.69) is 18.1 Å². The molecule has 282 valence electrons. The third kappa shape index (κ3) is 7.55. The highest BCUT2D eigenvalue weighted by atomic mass is 35.5. The van der Waals surface area contributed by atoms with Crippen molar-refractivity contribution >= 4 is 65.9 Å². The normalized spacial score (nSPS) is 17.8. The lowest BCUT2D eigenvalue weighted by molar-refractivity contribution is -0.135. The van der Waals surface area contributed by atoms with Gasteiger partial charge in [-0.2, -0.15) is 8.61 Å². The highest BCUT2D eigenvalue weighted by Gasteiger charge is 2.43.